The van der Waals surface area contributed by atoms with Crippen molar-refractivity contribution in [2.75, 3.05) is 6.61 Å². The van der Waals surface area contributed by atoms with Crippen LogP contribution >= 0.6 is 0 Å². The second kappa shape index (κ2) is 7.03. The summed E-state index contributed by atoms with van der Waals surface area (Å²) in [5, 5.41) is 0. The summed E-state index contributed by atoms with van der Waals surface area (Å²) in [5.74, 6) is 1.81. The fourth-order valence-corrected chi connectivity index (χ4v) is 3.16. The number of rotatable bonds is 5. The van der Waals surface area contributed by atoms with Gasteiger partial charge in [-0.1, -0.05) is 44.2 Å². The van der Waals surface area contributed by atoms with Crippen LogP contribution < -0.4 is 0 Å². The topological polar surface area (TPSA) is 26.3 Å². The van der Waals surface area contributed by atoms with Crippen LogP contribution in [0.5, 0.6) is 0 Å². The minimum atomic E-state index is -0.383. The molecule has 0 bridgehead atoms. The van der Waals surface area contributed by atoms with Gasteiger partial charge in [-0.05, 0) is 43.6 Å². The van der Waals surface area contributed by atoms with Gasteiger partial charge in [-0.15, -0.1) is 0 Å². The zero-order valence-corrected chi connectivity index (χ0v) is 12.8. The molecule has 0 radical (unpaired) electrons. The third-order valence-electron chi connectivity index (χ3n) is 4.69. The van der Waals surface area contributed by atoms with E-state index in [0.717, 1.165) is 30.7 Å². The van der Waals surface area contributed by atoms with E-state index in [4.69, 9.17) is 4.74 Å². The summed E-state index contributed by atoms with van der Waals surface area (Å²) in [7, 11) is 0. The van der Waals surface area contributed by atoms with Crippen LogP contribution in [0, 0.1) is 17.8 Å². The van der Waals surface area contributed by atoms with E-state index in [0.29, 0.717) is 12.5 Å². The molecule has 1 aliphatic carbocycles. The Hall–Kier alpha value is -1.15. The number of ether oxygens (including phenoxy) is 1. The Balaban J connectivity index is 2.11. The molecule has 0 aromatic heterocycles. The van der Waals surface area contributed by atoms with Gasteiger partial charge in [0.25, 0.3) is 0 Å². The Labute approximate surface area is 122 Å². The van der Waals surface area contributed by atoms with Crippen molar-refractivity contribution in [2.45, 2.75) is 46.1 Å². The van der Waals surface area contributed by atoms with E-state index >= 15 is 0 Å². The van der Waals surface area contributed by atoms with E-state index in [2.05, 4.69) is 13.8 Å². The van der Waals surface area contributed by atoms with Crippen molar-refractivity contribution in [1.29, 1.82) is 0 Å². The summed E-state index contributed by atoms with van der Waals surface area (Å²) < 4.78 is 5.76. The van der Waals surface area contributed by atoms with Crippen molar-refractivity contribution in [3.63, 3.8) is 0 Å². The molecule has 2 nitrogen and oxygen atoms in total. The van der Waals surface area contributed by atoms with Gasteiger partial charge in [0, 0.05) is 12.5 Å². The van der Waals surface area contributed by atoms with Gasteiger partial charge in [-0.25, -0.2) is 0 Å². The normalized spacial score (nSPS) is 28.1. The van der Waals surface area contributed by atoms with Gasteiger partial charge in [0.2, 0.25) is 0 Å². The Bertz CT molecular complexity index is 426. The van der Waals surface area contributed by atoms with E-state index in [9.17, 15) is 4.79 Å². The monoisotopic (exact) mass is 274 g/mol. The number of hydrogen-bond acceptors (Lipinski definition) is 2. The molecule has 0 spiro atoms. The summed E-state index contributed by atoms with van der Waals surface area (Å²) in [6, 6.07) is 9.90. The molecular formula is C18H26O2. The molecule has 1 aromatic rings. The molecule has 2 heteroatoms. The molecule has 4 atom stereocenters. The highest BCUT2D eigenvalue weighted by atomic mass is 16.5. The minimum Gasteiger partial charge on any atom is -0.366 e. The Kier molecular flexibility index (Phi) is 5.36. The number of Topliss-reactive ketones (excluding diaryl/α,β-unsaturated/α-hetero) is 1. The maximum absolute atomic E-state index is 12.8. The molecule has 110 valence electrons. The quantitative estimate of drug-likeness (QED) is 0.795. The molecule has 1 aromatic carbocycles. The van der Waals surface area contributed by atoms with Crippen LogP contribution in [-0.4, -0.2) is 12.4 Å². The van der Waals surface area contributed by atoms with Crippen LogP contribution in [0.4, 0.5) is 0 Å². The Morgan fingerprint density at radius 1 is 1.20 bits per heavy atom. The second-order valence-corrected chi connectivity index (χ2v) is 6.11. The molecule has 4 unspecified atom stereocenters. The highest BCUT2D eigenvalue weighted by Crippen LogP contribution is 2.36. The van der Waals surface area contributed by atoms with Gasteiger partial charge in [0.05, 0.1) is 0 Å². The Morgan fingerprint density at radius 2 is 1.90 bits per heavy atom. The largest absolute Gasteiger partial charge is 0.366 e. The van der Waals surface area contributed by atoms with Crippen LogP contribution in [0.2, 0.25) is 0 Å². The average Bonchev–Trinajstić information content (AvgIpc) is 2.48. The smallest absolute Gasteiger partial charge is 0.169 e. The number of carbonyl (C=O) groups is 1. The van der Waals surface area contributed by atoms with Gasteiger partial charge in [-0.2, -0.15) is 0 Å². The van der Waals surface area contributed by atoms with E-state index in [1.165, 1.54) is 0 Å². The number of benzene rings is 1. The summed E-state index contributed by atoms with van der Waals surface area (Å²) in [4.78, 5) is 12.8. The van der Waals surface area contributed by atoms with Crippen molar-refractivity contribution < 1.29 is 9.53 Å². The first-order chi connectivity index (χ1) is 9.63. The first kappa shape index (κ1) is 15.2. The second-order valence-electron chi connectivity index (χ2n) is 6.11. The van der Waals surface area contributed by atoms with Crippen molar-refractivity contribution in [1.82, 2.24) is 0 Å². The lowest BCUT2D eigenvalue weighted by atomic mass is 9.73. The minimum absolute atomic E-state index is 0.165. The van der Waals surface area contributed by atoms with Gasteiger partial charge in [0.1, 0.15) is 6.10 Å². The standard InChI is InChI=1S/C18H26O2/c1-4-20-18(15-8-6-5-7-9-15)17(19)16-11-10-13(2)14(3)12-16/h5-9,13-14,16,18H,4,10-12H2,1-3H3. The summed E-state index contributed by atoms with van der Waals surface area (Å²) >= 11 is 0. The van der Waals surface area contributed by atoms with Crippen molar-refractivity contribution in [3.8, 4) is 0 Å². The van der Waals surface area contributed by atoms with Crippen molar-refractivity contribution in [3.05, 3.63) is 35.9 Å². The van der Waals surface area contributed by atoms with Crippen molar-refractivity contribution in [2.24, 2.45) is 17.8 Å². The molecule has 0 N–H and O–H groups in total. The molecule has 2 rings (SSSR count). The maximum Gasteiger partial charge on any atom is 0.169 e. The zero-order chi connectivity index (χ0) is 14.5. The Morgan fingerprint density at radius 3 is 2.50 bits per heavy atom. The highest BCUT2D eigenvalue weighted by molar-refractivity contribution is 5.86. The fourth-order valence-electron chi connectivity index (χ4n) is 3.16. The number of ketones is 1. The van der Waals surface area contributed by atoms with Crippen molar-refractivity contribution >= 4 is 5.78 Å². The lowest BCUT2D eigenvalue weighted by Crippen LogP contribution is -2.31. The lowest BCUT2D eigenvalue weighted by Gasteiger charge is -2.33. The van der Waals surface area contributed by atoms with E-state index in [-0.39, 0.29) is 17.8 Å². The first-order valence-electron chi connectivity index (χ1n) is 7.83. The highest BCUT2D eigenvalue weighted by Gasteiger charge is 2.33. The lowest BCUT2D eigenvalue weighted by molar-refractivity contribution is -0.136. The number of hydrogen-bond donors (Lipinski definition) is 0. The van der Waals surface area contributed by atoms with Crippen LogP contribution in [0.25, 0.3) is 0 Å². The van der Waals surface area contributed by atoms with Gasteiger partial charge < -0.3 is 4.74 Å². The molecule has 1 aliphatic rings. The van der Waals surface area contributed by atoms with Crippen LogP contribution in [0.3, 0.4) is 0 Å². The van der Waals surface area contributed by atoms with Gasteiger partial charge in [0.15, 0.2) is 5.78 Å². The molecule has 0 aliphatic heterocycles. The fraction of sp³-hybridized carbons (Fsp3) is 0.611. The zero-order valence-electron chi connectivity index (χ0n) is 12.8. The molecule has 1 fully saturated rings. The summed E-state index contributed by atoms with van der Waals surface area (Å²) in [6.07, 6.45) is 2.80. The third-order valence-corrected chi connectivity index (χ3v) is 4.69. The van der Waals surface area contributed by atoms with Gasteiger partial charge in [-0.3, -0.25) is 4.79 Å². The van der Waals surface area contributed by atoms with Gasteiger partial charge >= 0.3 is 0 Å². The first-order valence-corrected chi connectivity index (χ1v) is 7.83. The molecule has 0 amide bonds. The van der Waals surface area contributed by atoms with Crippen LogP contribution in [0.15, 0.2) is 30.3 Å². The van der Waals surface area contributed by atoms with E-state index in [1.807, 2.05) is 37.3 Å². The molecular weight excluding hydrogens is 248 g/mol. The SMILES string of the molecule is CCOC(C(=O)C1CCC(C)C(C)C1)c1ccccc1. The predicted octanol–water partition coefficient (Wildman–Crippen LogP) is 4.41. The maximum atomic E-state index is 12.8. The van der Waals surface area contributed by atoms with E-state index in [1.54, 1.807) is 0 Å². The summed E-state index contributed by atoms with van der Waals surface area (Å²) in [6.45, 7) is 7.09. The van der Waals surface area contributed by atoms with Crippen LogP contribution in [-0.2, 0) is 9.53 Å². The molecule has 20 heavy (non-hydrogen) atoms. The van der Waals surface area contributed by atoms with Crippen LogP contribution in [0.1, 0.15) is 51.7 Å². The third kappa shape index (κ3) is 3.49. The summed E-state index contributed by atoms with van der Waals surface area (Å²) in [5.41, 5.74) is 0.991. The number of carbonyl (C=O) groups excluding carboxylic acids is 1. The molecule has 1 saturated carbocycles. The molecule has 0 heterocycles. The van der Waals surface area contributed by atoms with E-state index < -0.39 is 0 Å². The molecule has 0 saturated heterocycles. The predicted molar refractivity (Wildman–Crippen MR) is 81.5 cm³/mol. The average molecular weight is 274 g/mol.